The van der Waals surface area contributed by atoms with E-state index in [1.807, 2.05) is 0 Å². The molecule has 0 bridgehead atoms. The van der Waals surface area contributed by atoms with E-state index in [4.69, 9.17) is 17.0 Å². The molecular formula is C10H16B3FN2O5S. The summed E-state index contributed by atoms with van der Waals surface area (Å²) < 4.78 is 21.2. The van der Waals surface area contributed by atoms with E-state index >= 15 is 0 Å². The van der Waals surface area contributed by atoms with Crippen LogP contribution in [0.15, 0.2) is 11.0 Å². The number of aromatic nitrogens is 2. The number of aliphatic hydroxyl groups is 3. The Morgan fingerprint density at radius 2 is 2.05 bits per heavy atom. The summed E-state index contributed by atoms with van der Waals surface area (Å²) in [5, 5.41) is 28.1. The fourth-order valence-corrected chi connectivity index (χ4v) is 2.63. The van der Waals surface area contributed by atoms with Crippen molar-refractivity contribution in [2.45, 2.75) is 36.0 Å². The molecule has 0 aromatic carbocycles. The minimum atomic E-state index is -2.96. The van der Waals surface area contributed by atoms with Crippen molar-refractivity contribution in [3.05, 3.63) is 26.9 Å². The number of aliphatic hydroxyl groups excluding tert-OH is 2. The van der Waals surface area contributed by atoms with Gasteiger partial charge in [0.2, 0.25) is 0 Å². The van der Waals surface area contributed by atoms with Gasteiger partial charge in [0.15, 0.2) is 7.85 Å². The Morgan fingerprint density at radius 3 is 2.50 bits per heavy atom. The quantitative estimate of drug-likeness (QED) is 0.324. The zero-order valence-electron chi connectivity index (χ0n) is 12.6. The van der Waals surface area contributed by atoms with Gasteiger partial charge in [-0.25, -0.2) is 9.18 Å². The van der Waals surface area contributed by atoms with Gasteiger partial charge in [-0.15, -0.1) is 0 Å². The molecule has 1 aromatic heterocycles. The first-order chi connectivity index (χ1) is 9.84. The average molecular weight is 328 g/mol. The first kappa shape index (κ1) is 17.4. The van der Waals surface area contributed by atoms with Gasteiger partial charge in [0, 0.05) is 11.8 Å². The molecule has 0 saturated carbocycles. The van der Waals surface area contributed by atoms with Crippen LogP contribution in [0.25, 0.3) is 0 Å². The summed E-state index contributed by atoms with van der Waals surface area (Å²) in [6, 6.07) is 0. The van der Waals surface area contributed by atoms with E-state index in [0.717, 1.165) is 20.3 Å². The highest BCUT2D eigenvalue weighted by Crippen LogP contribution is 2.44. The number of nitrogens with zero attached hydrogens (tertiary/aromatic N) is 1. The fourth-order valence-electron chi connectivity index (χ4n) is 2.49. The third kappa shape index (κ3) is 2.30. The van der Waals surface area contributed by atoms with Crippen LogP contribution in [0.2, 0.25) is 0 Å². The lowest BCUT2D eigenvalue weighted by atomic mass is 9.59. The lowest BCUT2D eigenvalue weighted by molar-refractivity contribution is -0.243. The summed E-state index contributed by atoms with van der Waals surface area (Å²) in [4.78, 5) is 14.5. The predicted octanol–water partition coefficient (Wildman–Crippen LogP) is -4.21. The van der Waals surface area contributed by atoms with Crippen molar-refractivity contribution in [1.82, 2.24) is 9.55 Å². The molecule has 1 aliphatic rings. The van der Waals surface area contributed by atoms with Crippen LogP contribution in [0.3, 0.4) is 0 Å². The van der Waals surface area contributed by atoms with E-state index in [0.29, 0.717) is 5.56 Å². The minimum Gasteiger partial charge on any atom is -0.402 e. The van der Waals surface area contributed by atoms with Gasteiger partial charge < -0.3 is 20.1 Å². The maximum absolute atomic E-state index is 14.9. The highest BCUT2D eigenvalue weighted by atomic mass is 32.1. The number of alkyl halides is 1. The Kier molecular flexibility index (Phi) is 3.99. The monoisotopic (exact) mass is 328 g/mol. The van der Waals surface area contributed by atoms with Crippen LogP contribution in [0, 0.1) is 11.6 Å². The van der Waals surface area contributed by atoms with Crippen LogP contribution in [0.1, 0.15) is 5.56 Å². The first-order valence-corrected chi connectivity index (χ1v) is 7.06. The number of nitrogens with one attached hydrogen (secondary N) is 1. The first-order valence-electron chi connectivity index (χ1n) is 6.65. The van der Waals surface area contributed by atoms with Gasteiger partial charge in [0.05, 0.1) is 5.40 Å². The van der Waals surface area contributed by atoms with Gasteiger partial charge in [-0.1, -0.05) is 12.2 Å². The van der Waals surface area contributed by atoms with Crippen LogP contribution in [0.5, 0.6) is 0 Å². The summed E-state index contributed by atoms with van der Waals surface area (Å²) >= 11 is 4.93. The lowest BCUT2D eigenvalue weighted by Crippen LogP contribution is -2.59. The molecular weight excluding hydrogens is 312 g/mol. The average Bonchev–Trinajstić information content (AvgIpc) is 2.56. The second kappa shape index (κ2) is 5.03. The van der Waals surface area contributed by atoms with Gasteiger partial charge in [-0.3, -0.25) is 9.55 Å². The highest BCUT2D eigenvalue weighted by Gasteiger charge is 2.67. The Labute approximate surface area is 133 Å². The standard InChI is InChI=1S/C10H16B3FN2O5S/c1-3-2-16(7(19)15-6(3)22)9(11)5(18)4(17)8(14,21-9)10(12,13)20/h2,4-5,17-18,20H,11-13H2,1H3,(H,15,19,22)/t4-,5+,8-,9-/m0/s1. The van der Waals surface area contributed by atoms with Crippen molar-refractivity contribution in [3.63, 3.8) is 0 Å². The molecule has 4 atom stereocenters. The number of hydrogen-bond donors (Lipinski definition) is 4. The van der Waals surface area contributed by atoms with E-state index in [1.165, 1.54) is 14.0 Å². The topological polar surface area (TPSA) is 108 Å². The molecule has 118 valence electrons. The SMILES string of the molecule is BC(B)(O)[C@@]1(F)O[C@@](B)(n2cc(C)c(=S)[nH]c2=O)[C@H](O)[C@@H]1O. The molecule has 0 aliphatic carbocycles. The molecule has 1 fully saturated rings. The summed E-state index contributed by atoms with van der Waals surface area (Å²) in [5.74, 6) is -2.96. The highest BCUT2D eigenvalue weighted by molar-refractivity contribution is 7.71. The van der Waals surface area contributed by atoms with Crippen molar-refractivity contribution >= 4 is 35.8 Å². The lowest BCUT2D eigenvalue weighted by Gasteiger charge is -2.36. The largest absolute Gasteiger partial charge is 0.402 e. The molecule has 0 spiro atoms. The Hall–Kier alpha value is -0.935. The predicted molar refractivity (Wildman–Crippen MR) is 86.1 cm³/mol. The number of H-pyrrole nitrogens is 1. The Balaban J connectivity index is 2.64. The van der Waals surface area contributed by atoms with Crippen molar-refractivity contribution < 1.29 is 24.4 Å². The van der Waals surface area contributed by atoms with Gasteiger partial charge in [0.1, 0.15) is 38.2 Å². The van der Waals surface area contributed by atoms with Gasteiger partial charge in [-0.05, 0) is 6.92 Å². The molecule has 7 nitrogen and oxygen atoms in total. The summed E-state index contributed by atoms with van der Waals surface area (Å²) in [7, 11) is 3.44. The van der Waals surface area contributed by atoms with Crippen LogP contribution >= 0.6 is 12.2 Å². The smallest absolute Gasteiger partial charge is 0.328 e. The summed E-state index contributed by atoms with van der Waals surface area (Å²) in [5.41, 5.74) is -2.15. The summed E-state index contributed by atoms with van der Waals surface area (Å²) in [6.45, 7) is 1.62. The number of halogens is 1. The second-order valence-electron chi connectivity index (χ2n) is 6.19. The number of aryl methyl sites for hydroxylation is 1. The van der Waals surface area contributed by atoms with Crippen LogP contribution in [0.4, 0.5) is 4.39 Å². The third-order valence-electron chi connectivity index (χ3n) is 4.02. The van der Waals surface area contributed by atoms with Gasteiger partial charge in [0.25, 0.3) is 5.85 Å². The van der Waals surface area contributed by atoms with Crippen LogP contribution in [-0.2, 0) is 10.4 Å². The molecule has 12 heteroatoms. The number of rotatable bonds is 2. The molecule has 4 N–H and O–H groups in total. The molecule has 2 heterocycles. The third-order valence-corrected chi connectivity index (χ3v) is 4.44. The summed E-state index contributed by atoms with van der Waals surface area (Å²) in [6.07, 6.45) is -2.54. The molecule has 22 heavy (non-hydrogen) atoms. The fraction of sp³-hybridized carbons (Fsp3) is 0.600. The van der Waals surface area contributed by atoms with E-state index in [1.54, 1.807) is 6.92 Å². The maximum atomic E-state index is 14.9. The van der Waals surface area contributed by atoms with E-state index in [2.05, 4.69) is 4.98 Å². The zero-order chi connectivity index (χ0) is 17.1. The van der Waals surface area contributed by atoms with Gasteiger partial charge >= 0.3 is 5.69 Å². The number of aromatic amines is 1. The van der Waals surface area contributed by atoms with Gasteiger partial charge in [-0.2, -0.15) is 0 Å². The zero-order valence-corrected chi connectivity index (χ0v) is 13.4. The Morgan fingerprint density at radius 1 is 1.50 bits per heavy atom. The van der Waals surface area contributed by atoms with Crippen LogP contribution < -0.4 is 5.69 Å². The normalized spacial score (nSPS) is 35.7. The molecule has 1 aromatic rings. The minimum absolute atomic E-state index is 0.201. The van der Waals surface area contributed by atoms with Crippen LogP contribution in [-0.4, -0.2) is 71.9 Å². The molecule has 0 radical (unpaired) electrons. The molecule has 0 amide bonds. The van der Waals surface area contributed by atoms with E-state index in [9.17, 15) is 24.5 Å². The van der Waals surface area contributed by atoms with Crippen molar-refractivity contribution in [2.24, 2.45) is 0 Å². The number of hydrogen-bond acceptors (Lipinski definition) is 6. The van der Waals surface area contributed by atoms with Crippen molar-refractivity contribution in [1.29, 1.82) is 0 Å². The molecule has 2 rings (SSSR count). The second-order valence-corrected chi connectivity index (χ2v) is 6.60. The van der Waals surface area contributed by atoms with E-state index in [-0.39, 0.29) is 4.64 Å². The van der Waals surface area contributed by atoms with Crippen molar-refractivity contribution in [3.8, 4) is 0 Å². The van der Waals surface area contributed by atoms with E-state index < -0.39 is 34.8 Å². The Bertz CT molecular complexity index is 722. The number of ether oxygens (including phenoxy) is 1. The molecule has 1 saturated heterocycles. The molecule has 0 unspecified atom stereocenters. The van der Waals surface area contributed by atoms with Crippen molar-refractivity contribution in [2.75, 3.05) is 0 Å². The maximum Gasteiger partial charge on any atom is 0.328 e. The molecule has 1 aliphatic heterocycles.